The third-order valence-electron chi connectivity index (χ3n) is 3.21. The van der Waals surface area contributed by atoms with Crippen molar-refractivity contribution in [2.45, 2.75) is 10.1 Å². The van der Waals surface area contributed by atoms with Crippen LogP contribution in [0.3, 0.4) is 0 Å². The first-order valence-corrected chi connectivity index (χ1v) is 7.31. The summed E-state index contributed by atoms with van der Waals surface area (Å²) in [5.74, 6) is 0. The van der Waals surface area contributed by atoms with Gasteiger partial charge in [-0.05, 0) is 23.9 Å². The van der Waals surface area contributed by atoms with Crippen LogP contribution >= 0.6 is 11.8 Å². The van der Waals surface area contributed by atoms with Crippen molar-refractivity contribution in [3.8, 4) is 0 Å². The third kappa shape index (κ3) is 2.21. The van der Waals surface area contributed by atoms with Crippen LogP contribution in [0.4, 0.5) is 0 Å². The number of nitrogens with zero attached hydrogens (tertiary/aromatic N) is 4. The Bertz CT molecular complexity index is 851. The van der Waals surface area contributed by atoms with Gasteiger partial charge >= 0.3 is 0 Å². The first-order valence-electron chi connectivity index (χ1n) is 6.49. The van der Waals surface area contributed by atoms with Crippen LogP contribution in [0, 0.1) is 0 Å². The maximum Gasteiger partial charge on any atom is 0.117 e. The number of hydrogen-bond acceptors (Lipinski definition) is 5. The standard InChI is InChI=1S/C16H10N4S/c1-3-7-13-11(5-1)15(19-9-17-13)21-16-12-6-2-4-8-14(12)18-10-20-16/h1-10H. The molecule has 0 saturated carbocycles. The molecule has 0 bridgehead atoms. The second-order valence-corrected chi connectivity index (χ2v) is 5.47. The van der Waals surface area contributed by atoms with Crippen LogP contribution in [0.1, 0.15) is 0 Å². The molecule has 0 radical (unpaired) electrons. The Hall–Kier alpha value is -2.53. The molecule has 0 unspecified atom stereocenters. The van der Waals surface area contributed by atoms with Gasteiger partial charge in [0, 0.05) is 10.8 Å². The topological polar surface area (TPSA) is 51.6 Å². The molecule has 0 atom stereocenters. The van der Waals surface area contributed by atoms with Crippen LogP contribution in [0.15, 0.2) is 71.2 Å². The molecule has 100 valence electrons. The summed E-state index contributed by atoms with van der Waals surface area (Å²) in [5.41, 5.74) is 1.88. The van der Waals surface area contributed by atoms with Gasteiger partial charge in [0.1, 0.15) is 22.7 Å². The zero-order valence-electron chi connectivity index (χ0n) is 11.0. The Labute approximate surface area is 125 Å². The van der Waals surface area contributed by atoms with Crippen molar-refractivity contribution in [3.63, 3.8) is 0 Å². The molecule has 0 amide bonds. The average Bonchev–Trinajstić information content (AvgIpc) is 2.56. The van der Waals surface area contributed by atoms with E-state index in [-0.39, 0.29) is 0 Å². The number of aromatic nitrogens is 4. The molecule has 5 heteroatoms. The molecule has 0 N–H and O–H groups in total. The van der Waals surface area contributed by atoms with Gasteiger partial charge in [0.2, 0.25) is 0 Å². The average molecular weight is 290 g/mol. The Morgan fingerprint density at radius 3 is 1.57 bits per heavy atom. The SMILES string of the molecule is c1ccc2c(Sc3ncnc4ccccc34)ncnc2c1. The monoisotopic (exact) mass is 290 g/mol. The van der Waals surface area contributed by atoms with Crippen LogP contribution in [0.5, 0.6) is 0 Å². The van der Waals surface area contributed by atoms with Crippen LogP contribution in [-0.2, 0) is 0 Å². The minimum atomic E-state index is 0.907. The van der Waals surface area contributed by atoms with Gasteiger partial charge in [0.05, 0.1) is 11.0 Å². The van der Waals surface area contributed by atoms with Crippen molar-refractivity contribution in [1.29, 1.82) is 0 Å². The number of benzene rings is 2. The summed E-state index contributed by atoms with van der Waals surface area (Å²) in [5, 5.41) is 3.88. The Balaban J connectivity index is 1.87. The summed E-state index contributed by atoms with van der Waals surface area (Å²) in [6.07, 6.45) is 3.18. The van der Waals surface area contributed by atoms with Gasteiger partial charge in [-0.2, -0.15) is 0 Å². The van der Waals surface area contributed by atoms with Gasteiger partial charge in [-0.25, -0.2) is 19.9 Å². The van der Waals surface area contributed by atoms with Gasteiger partial charge in [0.15, 0.2) is 0 Å². The molecule has 4 aromatic rings. The molecule has 21 heavy (non-hydrogen) atoms. The van der Waals surface area contributed by atoms with Crippen LogP contribution < -0.4 is 0 Å². The highest BCUT2D eigenvalue weighted by Crippen LogP contribution is 2.33. The first-order chi connectivity index (χ1) is 10.4. The predicted octanol–water partition coefficient (Wildman–Crippen LogP) is 3.72. The lowest BCUT2D eigenvalue weighted by Crippen LogP contribution is -1.90. The maximum atomic E-state index is 4.40. The minimum absolute atomic E-state index is 0.907. The Morgan fingerprint density at radius 1 is 0.571 bits per heavy atom. The van der Waals surface area contributed by atoms with Crippen LogP contribution in [-0.4, -0.2) is 19.9 Å². The molecule has 2 heterocycles. The largest absolute Gasteiger partial charge is 0.236 e. The van der Waals surface area contributed by atoms with Crippen LogP contribution in [0.25, 0.3) is 21.8 Å². The highest BCUT2D eigenvalue weighted by Gasteiger charge is 2.09. The summed E-state index contributed by atoms with van der Waals surface area (Å²) in [6, 6.07) is 16.0. The lowest BCUT2D eigenvalue weighted by molar-refractivity contribution is 1.07. The molecular weight excluding hydrogens is 280 g/mol. The molecule has 2 aromatic carbocycles. The van der Waals surface area contributed by atoms with Gasteiger partial charge in [-0.15, -0.1) is 0 Å². The van der Waals surface area contributed by atoms with Gasteiger partial charge in [-0.1, -0.05) is 36.4 Å². The fourth-order valence-corrected chi connectivity index (χ4v) is 3.16. The first kappa shape index (κ1) is 12.2. The third-order valence-corrected chi connectivity index (χ3v) is 4.24. The van der Waals surface area contributed by atoms with E-state index in [0.717, 1.165) is 31.9 Å². The molecular formula is C16H10N4S. The van der Waals surface area contributed by atoms with E-state index in [0.29, 0.717) is 0 Å². The molecule has 2 aromatic heterocycles. The lowest BCUT2D eigenvalue weighted by Gasteiger charge is -2.06. The second-order valence-electron chi connectivity index (χ2n) is 4.49. The van der Waals surface area contributed by atoms with Crippen molar-refractivity contribution in [1.82, 2.24) is 19.9 Å². The van der Waals surface area contributed by atoms with Crippen molar-refractivity contribution in [2.75, 3.05) is 0 Å². The Morgan fingerprint density at radius 2 is 1.05 bits per heavy atom. The van der Waals surface area contributed by atoms with Crippen molar-refractivity contribution in [2.24, 2.45) is 0 Å². The highest BCUT2D eigenvalue weighted by molar-refractivity contribution is 7.99. The lowest BCUT2D eigenvalue weighted by atomic mass is 10.2. The zero-order chi connectivity index (χ0) is 14.1. The van der Waals surface area contributed by atoms with E-state index in [9.17, 15) is 0 Å². The van der Waals surface area contributed by atoms with Gasteiger partial charge in [-0.3, -0.25) is 0 Å². The smallest absolute Gasteiger partial charge is 0.117 e. The molecule has 0 spiro atoms. The van der Waals surface area contributed by atoms with Crippen molar-refractivity contribution >= 4 is 33.6 Å². The van der Waals surface area contributed by atoms with E-state index in [4.69, 9.17) is 0 Å². The fourth-order valence-electron chi connectivity index (χ4n) is 2.21. The second kappa shape index (κ2) is 5.10. The number of fused-ring (bicyclic) bond motifs is 2. The summed E-state index contributed by atoms with van der Waals surface area (Å²) in [7, 11) is 0. The van der Waals surface area contributed by atoms with E-state index < -0.39 is 0 Å². The minimum Gasteiger partial charge on any atom is -0.236 e. The fraction of sp³-hybridized carbons (Fsp3) is 0. The van der Waals surface area contributed by atoms with Crippen LogP contribution in [0.2, 0.25) is 0 Å². The molecule has 0 aliphatic carbocycles. The summed E-state index contributed by atoms with van der Waals surface area (Å²) < 4.78 is 0. The zero-order valence-corrected chi connectivity index (χ0v) is 11.8. The summed E-state index contributed by atoms with van der Waals surface area (Å²) in [4.78, 5) is 17.4. The maximum absolute atomic E-state index is 4.40. The van der Waals surface area contributed by atoms with E-state index >= 15 is 0 Å². The highest BCUT2D eigenvalue weighted by atomic mass is 32.2. The quantitative estimate of drug-likeness (QED) is 0.527. The molecule has 0 fully saturated rings. The van der Waals surface area contributed by atoms with Gasteiger partial charge in [0.25, 0.3) is 0 Å². The molecule has 0 aliphatic rings. The van der Waals surface area contributed by atoms with E-state index in [1.54, 1.807) is 24.4 Å². The van der Waals surface area contributed by atoms with E-state index in [1.807, 2.05) is 48.5 Å². The van der Waals surface area contributed by atoms with Gasteiger partial charge < -0.3 is 0 Å². The summed E-state index contributed by atoms with van der Waals surface area (Å²) >= 11 is 1.54. The normalized spacial score (nSPS) is 11.0. The molecule has 0 aliphatic heterocycles. The molecule has 4 nitrogen and oxygen atoms in total. The Kier molecular flexibility index (Phi) is 2.97. The number of rotatable bonds is 2. The molecule has 4 rings (SSSR count). The summed E-state index contributed by atoms with van der Waals surface area (Å²) in [6.45, 7) is 0. The van der Waals surface area contributed by atoms with E-state index in [1.165, 1.54) is 0 Å². The number of hydrogen-bond donors (Lipinski definition) is 0. The predicted molar refractivity (Wildman–Crippen MR) is 83.2 cm³/mol. The number of para-hydroxylation sites is 2. The van der Waals surface area contributed by atoms with Crippen molar-refractivity contribution in [3.05, 3.63) is 61.2 Å². The van der Waals surface area contributed by atoms with E-state index in [2.05, 4.69) is 19.9 Å². The van der Waals surface area contributed by atoms with Crippen molar-refractivity contribution < 1.29 is 0 Å². The molecule has 0 saturated heterocycles.